The van der Waals surface area contributed by atoms with Gasteiger partial charge in [0.2, 0.25) is 0 Å². The summed E-state index contributed by atoms with van der Waals surface area (Å²) in [5.74, 6) is -1.49. The average Bonchev–Trinajstić information content (AvgIpc) is 3.07. The molecule has 0 amide bonds. The molecule has 1 aromatic carbocycles. The lowest BCUT2D eigenvalue weighted by Gasteiger charge is -2.26. The van der Waals surface area contributed by atoms with Gasteiger partial charge >= 0.3 is 5.69 Å². The van der Waals surface area contributed by atoms with Gasteiger partial charge in [0.15, 0.2) is 5.79 Å². The molecule has 5 unspecified atom stereocenters. The molecule has 0 spiro atoms. The summed E-state index contributed by atoms with van der Waals surface area (Å²) in [5, 5.41) is 0. The Hall–Kier alpha value is -2.29. The van der Waals surface area contributed by atoms with Crippen molar-refractivity contribution in [3.8, 4) is 0 Å². The van der Waals surface area contributed by atoms with Crippen LogP contribution in [0.1, 0.15) is 25.5 Å². The number of aromatic amines is 1. The number of ether oxygens (including phenoxy) is 3. The van der Waals surface area contributed by atoms with Gasteiger partial charge < -0.3 is 14.2 Å². The zero-order valence-corrected chi connectivity index (χ0v) is 15.7. The quantitative estimate of drug-likeness (QED) is 0.842. The number of hydrogen-bond acceptors (Lipinski definition) is 5. The maximum absolute atomic E-state index is 15.4. The topological polar surface area (TPSA) is 82.5 Å². The number of H-pyrrole nitrogens is 1. The molecule has 5 atom stereocenters. The van der Waals surface area contributed by atoms with Gasteiger partial charge in [0.25, 0.3) is 5.56 Å². The molecule has 28 heavy (non-hydrogen) atoms. The molecule has 1 aliphatic heterocycles. The standard InChI is InChI=1S/C20H23FN2O5/c1-20(2)27-17-13(11-26-10-12-6-4-3-5-7-12)15(21)16(18(17)28-20)23-9-8-14(24)22-19(23)25/h3-9,13,15-18H,10-11H2,1-2H3,(H,22,24,25). The van der Waals surface area contributed by atoms with Crippen LogP contribution in [-0.2, 0) is 20.8 Å². The number of rotatable bonds is 5. The van der Waals surface area contributed by atoms with Crippen molar-refractivity contribution < 1.29 is 18.6 Å². The van der Waals surface area contributed by atoms with Crippen LogP contribution in [0.3, 0.4) is 0 Å². The second kappa shape index (κ2) is 7.27. The van der Waals surface area contributed by atoms with Crippen molar-refractivity contribution in [1.29, 1.82) is 0 Å². The third-order valence-electron chi connectivity index (χ3n) is 5.25. The van der Waals surface area contributed by atoms with E-state index in [1.165, 1.54) is 16.8 Å². The highest BCUT2D eigenvalue weighted by atomic mass is 19.1. The first-order valence-corrected chi connectivity index (χ1v) is 9.28. The molecule has 7 nitrogen and oxygen atoms in total. The van der Waals surface area contributed by atoms with E-state index in [1.54, 1.807) is 13.8 Å². The van der Waals surface area contributed by atoms with Gasteiger partial charge in [-0.2, -0.15) is 0 Å². The zero-order valence-electron chi connectivity index (χ0n) is 15.7. The summed E-state index contributed by atoms with van der Waals surface area (Å²) in [6.07, 6.45) is -1.33. The van der Waals surface area contributed by atoms with Gasteiger partial charge in [-0.25, -0.2) is 9.18 Å². The Kier molecular flexibility index (Phi) is 4.95. The fourth-order valence-corrected chi connectivity index (χ4v) is 4.08. The minimum absolute atomic E-state index is 0.130. The third-order valence-corrected chi connectivity index (χ3v) is 5.25. The Morgan fingerprint density at radius 3 is 2.57 bits per heavy atom. The number of hydrogen-bond donors (Lipinski definition) is 1. The van der Waals surface area contributed by atoms with Gasteiger partial charge in [-0.15, -0.1) is 0 Å². The average molecular weight is 390 g/mol. The van der Waals surface area contributed by atoms with E-state index < -0.39 is 47.4 Å². The lowest BCUT2D eigenvalue weighted by Crippen LogP contribution is -2.39. The zero-order chi connectivity index (χ0) is 19.9. The molecule has 0 radical (unpaired) electrons. The van der Waals surface area contributed by atoms with Gasteiger partial charge in [0.05, 0.1) is 25.4 Å². The van der Waals surface area contributed by atoms with E-state index in [0.29, 0.717) is 6.61 Å². The van der Waals surface area contributed by atoms with E-state index in [1.807, 2.05) is 30.3 Å². The molecule has 0 bridgehead atoms. The van der Waals surface area contributed by atoms with Crippen LogP contribution in [0.5, 0.6) is 0 Å². The second-order valence-corrected chi connectivity index (χ2v) is 7.68. The van der Waals surface area contributed by atoms with Crippen LogP contribution in [0.25, 0.3) is 0 Å². The van der Waals surface area contributed by atoms with Crippen LogP contribution in [-0.4, -0.2) is 40.3 Å². The number of aromatic nitrogens is 2. The monoisotopic (exact) mass is 390 g/mol. The van der Waals surface area contributed by atoms with Crippen molar-refractivity contribution in [1.82, 2.24) is 9.55 Å². The first-order chi connectivity index (χ1) is 13.4. The van der Waals surface area contributed by atoms with Crippen LogP contribution in [0.2, 0.25) is 0 Å². The summed E-state index contributed by atoms with van der Waals surface area (Å²) in [6, 6.07) is 9.91. The summed E-state index contributed by atoms with van der Waals surface area (Å²) in [4.78, 5) is 25.8. The number of alkyl halides is 1. The van der Waals surface area contributed by atoms with Gasteiger partial charge in [-0.05, 0) is 19.4 Å². The molecule has 2 aromatic rings. The SMILES string of the molecule is CC1(C)OC2C(COCc3ccccc3)C(F)C(n3ccc(=O)[nH]c3=O)C2O1. The summed E-state index contributed by atoms with van der Waals surface area (Å²) in [5.41, 5.74) is -0.208. The van der Waals surface area contributed by atoms with E-state index in [2.05, 4.69) is 4.98 Å². The molecule has 1 saturated carbocycles. The van der Waals surface area contributed by atoms with Crippen molar-refractivity contribution in [2.75, 3.05) is 6.61 Å². The first kappa shape index (κ1) is 19.0. The molecule has 4 rings (SSSR count). The molecule has 1 aliphatic carbocycles. The number of nitrogens with zero attached hydrogens (tertiary/aromatic N) is 1. The molecular formula is C20H23FN2O5. The van der Waals surface area contributed by atoms with Gasteiger partial charge in [-0.3, -0.25) is 14.3 Å². The molecule has 1 N–H and O–H groups in total. The Morgan fingerprint density at radius 1 is 1.14 bits per heavy atom. The molecule has 1 aromatic heterocycles. The summed E-state index contributed by atoms with van der Waals surface area (Å²) in [6.45, 7) is 4.00. The van der Waals surface area contributed by atoms with E-state index in [0.717, 1.165) is 5.56 Å². The second-order valence-electron chi connectivity index (χ2n) is 7.68. The summed E-state index contributed by atoms with van der Waals surface area (Å²) < 4.78 is 34.2. The highest BCUT2D eigenvalue weighted by molar-refractivity contribution is 5.13. The Morgan fingerprint density at radius 2 is 1.86 bits per heavy atom. The van der Waals surface area contributed by atoms with Crippen molar-refractivity contribution in [2.45, 2.75) is 50.7 Å². The minimum Gasteiger partial charge on any atom is -0.376 e. The van der Waals surface area contributed by atoms with Crippen LogP contribution in [0.15, 0.2) is 52.2 Å². The largest absolute Gasteiger partial charge is 0.376 e. The number of fused-ring (bicyclic) bond motifs is 1. The van der Waals surface area contributed by atoms with E-state index in [9.17, 15) is 9.59 Å². The molecule has 8 heteroatoms. The highest BCUT2D eigenvalue weighted by Gasteiger charge is 2.60. The van der Waals surface area contributed by atoms with Gasteiger partial charge in [-0.1, -0.05) is 30.3 Å². The lowest BCUT2D eigenvalue weighted by molar-refractivity contribution is -0.170. The lowest BCUT2D eigenvalue weighted by atomic mass is 10.1. The first-order valence-electron chi connectivity index (χ1n) is 9.28. The molecule has 2 fully saturated rings. The molecular weight excluding hydrogens is 367 g/mol. The summed E-state index contributed by atoms with van der Waals surface area (Å²) >= 11 is 0. The predicted octanol–water partition coefficient (Wildman–Crippen LogP) is 1.78. The number of halogens is 1. The van der Waals surface area contributed by atoms with Gasteiger partial charge in [0, 0.05) is 18.2 Å². The van der Waals surface area contributed by atoms with E-state index in [-0.39, 0.29) is 6.61 Å². The van der Waals surface area contributed by atoms with Crippen molar-refractivity contribution in [3.63, 3.8) is 0 Å². The van der Waals surface area contributed by atoms with Crippen LogP contribution in [0.4, 0.5) is 4.39 Å². The number of nitrogens with one attached hydrogen (secondary N) is 1. The highest BCUT2D eigenvalue weighted by Crippen LogP contribution is 2.48. The fourth-order valence-electron chi connectivity index (χ4n) is 4.08. The predicted molar refractivity (Wildman–Crippen MR) is 98.7 cm³/mol. The van der Waals surface area contributed by atoms with Crippen LogP contribution in [0, 0.1) is 5.92 Å². The minimum atomic E-state index is -1.43. The Bertz CT molecular complexity index is 941. The van der Waals surface area contributed by atoms with Crippen molar-refractivity contribution in [2.24, 2.45) is 5.92 Å². The molecule has 1 saturated heterocycles. The maximum Gasteiger partial charge on any atom is 0.328 e. The Labute approximate surface area is 161 Å². The Balaban J connectivity index is 1.56. The fraction of sp³-hybridized carbons (Fsp3) is 0.500. The van der Waals surface area contributed by atoms with Crippen LogP contribution < -0.4 is 11.2 Å². The third kappa shape index (κ3) is 3.55. The smallest absolute Gasteiger partial charge is 0.328 e. The summed E-state index contributed by atoms with van der Waals surface area (Å²) in [7, 11) is 0. The van der Waals surface area contributed by atoms with Crippen molar-refractivity contribution in [3.05, 3.63) is 69.0 Å². The van der Waals surface area contributed by atoms with E-state index in [4.69, 9.17) is 14.2 Å². The van der Waals surface area contributed by atoms with Crippen LogP contribution >= 0.6 is 0 Å². The van der Waals surface area contributed by atoms with Crippen molar-refractivity contribution >= 4 is 0 Å². The molecule has 2 aliphatic rings. The maximum atomic E-state index is 15.4. The normalized spacial score (nSPS) is 31.0. The van der Waals surface area contributed by atoms with E-state index >= 15 is 4.39 Å². The molecule has 150 valence electrons. The number of benzene rings is 1. The molecule has 2 heterocycles. The van der Waals surface area contributed by atoms with Gasteiger partial charge in [0.1, 0.15) is 12.3 Å².